The van der Waals surface area contributed by atoms with Crippen LogP contribution >= 0.6 is 12.4 Å². The second-order valence-corrected chi connectivity index (χ2v) is 8.75. The van der Waals surface area contributed by atoms with Gasteiger partial charge in [-0.25, -0.2) is 4.39 Å². The molecule has 0 spiro atoms. The maximum atomic E-state index is 13.4. The number of unbranched alkanes of at least 4 members (excludes halogenated alkanes) is 1. The third kappa shape index (κ3) is 5.47. The van der Waals surface area contributed by atoms with Crippen molar-refractivity contribution in [3.05, 3.63) is 53.5 Å². The molecule has 0 atom stereocenters. The van der Waals surface area contributed by atoms with Gasteiger partial charge in [-0.05, 0) is 75.5 Å². The van der Waals surface area contributed by atoms with Crippen LogP contribution in [-0.2, 0) is 11.2 Å². The molecule has 176 valence electrons. The van der Waals surface area contributed by atoms with E-state index in [9.17, 15) is 9.18 Å². The van der Waals surface area contributed by atoms with Crippen molar-refractivity contribution < 1.29 is 18.4 Å². The summed E-state index contributed by atoms with van der Waals surface area (Å²) in [4.78, 5) is 14.1. The van der Waals surface area contributed by atoms with Crippen molar-refractivity contribution in [3.63, 3.8) is 0 Å². The number of amides is 1. The molecule has 1 amide bonds. The molecule has 0 saturated carbocycles. The number of hydrogen-bond acceptors (Lipinski definition) is 5. The van der Waals surface area contributed by atoms with Crippen LogP contribution in [0.4, 0.5) is 10.1 Å². The number of aryl methyl sites for hydroxylation is 1. The minimum absolute atomic E-state index is 0. The van der Waals surface area contributed by atoms with Gasteiger partial charge in [0.2, 0.25) is 5.91 Å². The lowest BCUT2D eigenvalue weighted by Crippen LogP contribution is -2.34. The summed E-state index contributed by atoms with van der Waals surface area (Å²) >= 11 is 0. The quantitative estimate of drug-likeness (QED) is 0.471. The van der Waals surface area contributed by atoms with E-state index in [1.165, 1.54) is 17.7 Å². The second-order valence-electron chi connectivity index (χ2n) is 8.75. The van der Waals surface area contributed by atoms with Gasteiger partial charge in [-0.3, -0.25) is 4.79 Å². The average Bonchev–Trinajstić information content (AvgIpc) is 3.22. The molecule has 0 bridgehead atoms. The summed E-state index contributed by atoms with van der Waals surface area (Å²) in [6.07, 6.45) is 5.50. The van der Waals surface area contributed by atoms with Crippen LogP contribution in [0.25, 0.3) is 11.0 Å². The van der Waals surface area contributed by atoms with Crippen LogP contribution in [0.3, 0.4) is 0 Å². The van der Waals surface area contributed by atoms with Gasteiger partial charge in [0.1, 0.15) is 11.6 Å². The Labute approximate surface area is 198 Å². The van der Waals surface area contributed by atoms with E-state index in [4.69, 9.17) is 9.26 Å². The van der Waals surface area contributed by atoms with Crippen molar-refractivity contribution >= 4 is 35.0 Å². The third-order valence-electron chi connectivity index (χ3n) is 6.55. The van der Waals surface area contributed by atoms with E-state index in [-0.39, 0.29) is 24.1 Å². The molecule has 33 heavy (non-hydrogen) atoms. The number of rotatable bonds is 7. The highest BCUT2D eigenvalue weighted by Gasteiger charge is 2.25. The summed E-state index contributed by atoms with van der Waals surface area (Å²) in [6, 6.07) is 10.6. The zero-order valence-electron chi connectivity index (χ0n) is 18.5. The second kappa shape index (κ2) is 10.5. The molecule has 6 nitrogen and oxygen atoms in total. The molecule has 1 fully saturated rings. The van der Waals surface area contributed by atoms with Crippen molar-refractivity contribution in [2.45, 2.75) is 44.4 Å². The number of carbonyl (C=O) groups is 1. The van der Waals surface area contributed by atoms with E-state index < -0.39 is 0 Å². The first-order valence-corrected chi connectivity index (χ1v) is 11.5. The molecular weight excluding hydrogens is 445 g/mol. The summed E-state index contributed by atoms with van der Waals surface area (Å²) < 4.78 is 24.6. The molecule has 1 N–H and O–H groups in total. The number of nitrogens with one attached hydrogen (secondary N) is 1. The van der Waals surface area contributed by atoms with Crippen molar-refractivity contribution in [3.8, 4) is 5.75 Å². The van der Waals surface area contributed by atoms with Crippen LogP contribution in [0.1, 0.15) is 49.3 Å². The van der Waals surface area contributed by atoms with Gasteiger partial charge in [0.15, 0.2) is 5.58 Å². The Bertz CT molecular complexity index is 1110. The standard InChI is InChI=1S/C25H28FN3O3.ClH/c26-19-5-7-21-23(15-19)32-28-25(21)18-9-12-29(13-10-18)11-1-2-14-31-20-6-3-17-4-8-24(30)27-22(17)16-20;/h3,5-7,15-16,18H,1-2,4,8-14H2,(H,27,30);1H. The van der Waals surface area contributed by atoms with Gasteiger partial charge in [0.25, 0.3) is 0 Å². The fraction of sp³-hybridized carbons (Fsp3) is 0.440. The largest absolute Gasteiger partial charge is 0.494 e. The normalized spacial score (nSPS) is 16.8. The Morgan fingerprint density at radius 2 is 1.97 bits per heavy atom. The van der Waals surface area contributed by atoms with Crippen molar-refractivity contribution in [2.24, 2.45) is 0 Å². The number of benzene rings is 2. The van der Waals surface area contributed by atoms with Crippen LogP contribution in [0.5, 0.6) is 5.75 Å². The van der Waals surface area contributed by atoms with Gasteiger partial charge in [-0.1, -0.05) is 11.2 Å². The first-order valence-electron chi connectivity index (χ1n) is 11.5. The Balaban J connectivity index is 0.00000259. The Morgan fingerprint density at radius 3 is 2.82 bits per heavy atom. The van der Waals surface area contributed by atoms with E-state index >= 15 is 0 Å². The lowest BCUT2D eigenvalue weighted by Gasteiger charge is -2.31. The van der Waals surface area contributed by atoms with E-state index in [0.29, 0.717) is 24.5 Å². The number of aromatic nitrogens is 1. The fourth-order valence-corrected chi connectivity index (χ4v) is 4.72. The lowest BCUT2D eigenvalue weighted by molar-refractivity contribution is -0.116. The molecule has 0 unspecified atom stereocenters. The molecule has 0 radical (unpaired) electrons. The molecule has 8 heteroatoms. The zero-order valence-corrected chi connectivity index (χ0v) is 19.3. The topological polar surface area (TPSA) is 67.6 Å². The first-order chi connectivity index (χ1) is 15.7. The SMILES string of the molecule is Cl.O=C1CCc2ccc(OCCCCN3CCC(c4noc5cc(F)ccc45)CC3)cc2N1. The monoisotopic (exact) mass is 473 g/mol. The maximum Gasteiger partial charge on any atom is 0.224 e. The summed E-state index contributed by atoms with van der Waals surface area (Å²) in [7, 11) is 0. The molecule has 2 aliphatic rings. The summed E-state index contributed by atoms with van der Waals surface area (Å²) in [5, 5.41) is 8.08. The highest BCUT2D eigenvalue weighted by atomic mass is 35.5. The Hall–Kier alpha value is -2.64. The number of carbonyl (C=O) groups excluding carboxylic acids is 1. The third-order valence-corrected chi connectivity index (χ3v) is 6.55. The number of ether oxygens (including phenoxy) is 1. The molecule has 3 aromatic rings. The van der Waals surface area contributed by atoms with Gasteiger partial charge < -0.3 is 19.5 Å². The van der Waals surface area contributed by atoms with Crippen LogP contribution in [0.2, 0.25) is 0 Å². The van der Waals surface area contributed by atoms with Gasteiger partial charge >= 0.3 is 0 Å². The molecule has 1 saturated heterocycles. The minimum atomic E-state index is -0.294. The van der Waals surface area contributed by atoms with Crippen LogP contribution < -0.4 is 10.1 Å². The number of fused-ring (bicyclic) bond motifs is 2. The summed E-state index contributed by atoms with van der Waals surface area (Å²) in [6.45, 7) is 3.79. The van der Waals surface area contributed by atoms with Gasteiger partial charge in [-0.2, -0.15) is 0 Å². The first kappa shape index (κ1) is 23.5. The number of nitrogens with zero attached hydrogens (tertiary/aromatic N) is 2. The summed E-state index contributed by atoms with van der Waals surface area (Å²) in [5.74, 6) is 0.957. The van der Waals surface area contributed by atoms with Gasteiger partial charge in [0, 0.05) is 35.5 Å². The molecule has 3 heterocycles. The van der Waals surface area contributed by atoms with Gasteiger partial charge in [-0.15, -0.1) is 12.4 Å². The van der Waals surface area contributed by atoms with E-state index in [0.717, 1.165) is 74.3 Å². The van der Waals surface area contributed by atoms with Crippen molar-refractivity contribution in [2.75, 3.05) is 31.6 Å². The van der Waals surface area contributed by atoms with Gasteiger partial charge in [0.05, 0.1) is 12.3 Å². The number of piperidine rings is 1. The van der Waals surface area contributed by atoms with E-state index in [1.54, 1.807) is 6.07 Å². The Kier molecular flexibility index (Phi) is 7.50. The highest BCUT2D eigenvalue weighted by Crippen LogP contribution is 2.33. The zero-order chi connectivity index (χ0) is 21.9. The lowest BCUT2D eigenvalue weighted by atomic mass is 9.91. The predicted octanol–water partition coefficient (Wildman–Crippen LogP) is 5.31. The molecular formula is C25H29ClFN3O3. The number of halogens is 2. The number of likely N-dealkylation sites (tertiary alicyclic amines) is 1. The van der Waals surface area contributed by atoms with Crippen LogP contribution in [0, 0.1) is 5.82 Å². The average molecular weight is 474 g/mol. The van der Waals surface area contributed by atoms with Crippen LogP contribution in [-0.4, -0.2) is 42.2 Å². The number of anilines is 1. The predicted molar refractivity (Wildman–Crippen MR) is 128 cm³/mol. The molecule has 1 aromatic heterocycles. The van der Waals surface area contributed by atoms with E-state index in [2.05, 4.69) is 15.4 Å². The summed E-state index contributed by atoms with van der Waals surface area (Å²) in [5.41, 5.74) is 3.55. The van der Waals surface area contributed by atoms with Crippen molar-refractivity contribution in [1.29, 1.82) is 0 Å². The highest BCUT2D eigenvalue weighted by molar-refractivity contribution is 5.94. The molecule has 5 rings (SSSR count). The fourth-order valence-electron chi connectivity index (χ4n) is 4.72. The molecule has 2 aromatic carbocycles. The maximum absolute atomic E-state index is 13.4. The molecule has 2 aliphatic heterocycles. The van der Waals surface area contributed by atoms with Crippen molar-refractivity contribution in [1.82, 2.24) is 10.1 Å². The Morgan fingerprint density at radius 1 is 1.12 bits per heavy atom. The smallest absolute Gasteiger partial charge is 0.224 e. The van der Waals surface area contributed by atoms with E-state index in [1.807, 2.05) is 18.2 Å². The van der Waals surface area contributed by atoms with Crippen LogP contribution in [0.15, 0.2) is 40.9 Å². The molecule has 0 aliphatic carbocycles. The minimum Gasteiger partial charge on any atom is -0.494 e. The number of hydrogen-bond donors (Lipinski definition) is 1.